The molecule has 0 aliphatic carbocycles. The van der Waals surface area contributed by atoms with Gasteiger partial charge in [0, 0.05) is 40.5 Å². The molecule has 0 spiro atoms. The van der Waals surface area contributed by atoms with Crippen LogP contribution in [0.15, 0.2) is 67.1 Å². The van der Waals surface area contributed by atoms with Crippen molar-refractivity contribution in [3.63, 3.8) is 0 Å². The van der Waals surface area contributed by atoms with Gasteiger partial charge in [0.15, 0.2) is 5.82 Å². The van der Waals surface area contributed by atoms with Crippen LogP contribution in [0.4, 0.5) is 0 Å². The number of fused-ring (bicyclic) bond motifs is 3. The van der Waals surface area contributed by atoms with Crippen LogP contribution >= 0.6 is 11.3 Å². The number of aromatic nitrogens is 5. The highest BCUT2D eigenvalue weighted by Crippen LogP contribution is 2.32. The molecule has 0 unspecified atom stereocenters. The van der Waals surface area contributed by atoms with Crippen molar-refractivity contribution in [1.29, 1.82) is 0 Å². The van der Waals surface area contributed by atoms with Gasteiger partial charge in [0.05, 0.1) is 20.7 Å². The molecule has 0 bridgehead atoms. The lowest BCUT2D eigenvalue weighted by Gasteiger charge is -2.03. The molecule has 0 amide bonds. The van der Waals surface area contributed by atoms with Gasteiger partial charge in [-0.3, -0.25) is 4.98 Å². The molecule has 5 nitrogen and oxygen atoms in total. The van der Waals surface area contributed by atoms with Crippen molar-refractivity contribution in [1.82, 2.24) is 24.9 Å². The summed E-state index contributed by atoms with van der Waals surface area (Å²) in [4.78, 5) is 21.6. The first kappa shape index (κ1) is 16.3. The summed E-state index contributed by atoms with van der Waals surface area (Å²) in [6, 6.07) is 16.5. The quantitative estimate of drug-likeness (QED) is 0.406. The molecular formula is C23H15N5S. The van der Waals surface area contributed by atoms with Crippen molar-refractivity contribution in [2.24, 2.45) is 0 Å². The van der Waals surface area contributed by atoms with Gasteiger partial charge < -0.3 is 4.98 Å². The lowest BCUT2D eigenvalue weighted by Crippen LogP contribution is -1.90. The van der Waals surface area contributed by atoms with E-state index in [1.165, 1.54) is 4.70 Å². The SMILES string of the molecule is Cc1nc2ccc(-c3c[nH]c4nc(-c5ccc6ncccc6c5)ncc34)cc2s1. The monoisotopic (exact) mass is 393 g/mol. The number of H-pyrrole nitrogens is 1. The molecule has 0 aliphatic heterocycles. The zero-order valence-electron chi connectivity index (χ0n) is 15.5. The second-order valence-corrected chi connectivity index (χ2v) is 8.22. The molecule has 0 atom stereocenters. The first-order chi connectivity index (χ1) is 14.2. The average Bonchev–Trinajstić information content (AvgIpc) is 3.34. The number of benzene rings is 2. The fourth-order valence-corrected chi connectivity index (χ4v) is 4.57. The fourth-order valence-electron chi connectivity index (χ4n) is 3.71. The lowest BCUT2D eigenvalue weighted by molar-refractivity contribution is 1.21. The largest absolute Gasteiger partial charge is 0.345 e. The first-order valence-electron chi connectivity index (χ1n) is 9.31. The second-order valence-electron chi connectivity index (χ2n) is 6.98. The predicted molar refractivity (Wildman–Crippen MR) is 118 cm³/mol. The minimum atomic E-state index is 0.699. The van der Waals surface area contributed by atoms with Crippen LogP contribution in [0.1, 0.15) is 5.01 Å². The standard InChI is InChI=1S/C23H15N5S/c1-13-27-20-7-4-14(10-21(20)29-13)17-11-26-23-18(17)12-25-22(28-23)16-5-6-19-15(9-16)3-2-8-24-19/h2-12H,1H3,(H,25,26,28). The maximum Gasteiger partial charge on any atom is 0.161 e. The third-order valence-electron chi connectivity index (χ3n) is 5.10. The number of hydrogen-bond acceptors (Lipinski definition) is 5. The van der Waals surface area contributed by atoms with Gasteiger partial charge in [-0.2, -0.15) is 0 Å². The van der Waals surface area contributed by atoms with E-state index in [0.29, 0.717) is 5.82 Å². The molecule has 0 radical (unpaired) electrons. The summed E-state index contributed by atoms with van der Waals surface area (Å²) in [6.07, 6.45) is 5.71. The van der Waals surface area contributed by atoms with E-state index in [9.17, 15) is 0 Å². The molecule has 1 N–H and O–H groups in total. The van der Waals surface area contributed by atoms with Gasteiger partial charge in [-0.25, -0.2) is 15.0 Å². The Morgan fingerprint density at radius 2 is 1.79 bits per heavy atom. The zero-order chi connectivity index (χ0) is 19.4. The number of nitrogens with one attached hydrogen (secondary N) is 1. The number of rotatable bonds is 2. The Balaban J connectivity index is 1.45. The zero-order valence-corrected chi connectivity index (χ0v) is 16.4. The third kappa shape index (κ3) is 2.68. The van der Waals surface area contributed by atoms with Crippen LogP contribution < -0.4 is 0 Å². The van der Waals surface area contributed by atoms with Crippen molar-refractivity contribution in [3.05, 3.63) is 72.1 Å². The molecule has 6 rings (SSSR count). The molecule has 6 heteroatoms. The van der Waals surface area contributed by atoms with Crippen molar-refractivity contribution in [3.8, 4) is 22.5 Å². The second kappa shape index (κ2) is 6.18. The predicted octanol–water partition coefficient (Wildman–Crippen LogP) is 5.76. The topological polar surface area (TPSA) is 67.3 Å². The van der Waals surface area contributed by atoms with Gasteiger partial charge in [-0.1, -0.05) is 12.1 Å². The number of aryl methyl sites for hydroxylation is 1. The summed E-state index contributed by atoms with van der Waals surface area (Å²) in [5, 5.41) is 3.17. The Morgan fingerprint density at radius 1 is 0.897 bits per heavy atom. The fraction of sp³-hybridized carbons (Fsp3) is 0.0435. The maximum absolute atomic E-state index is 4.77. The van der Waals surface area contributed by atoms with Crippen LogP contribution in [-0.2, 0) is 0 Å². The van der Waals surface area contributed by atoms with Crippen molar-refractivity contribution in [2.45, 2.75) is 6.92 Å². The third-order valence-corrected chi connectivity index (χ3v) is 6.03. The average molecular weight is 393 g/mol. The maximum atomic E-state index is 4.77. The molecular weight excluding hydrogens is 378 g/mol. The van der Waals surface area contributed by atoms with E-state index in [-0.39, 0.29) is 0 Å². The number of nitrogens with zero attached hydrogens (tertiary/aromatic N) is 4. The Morgan fingerprint density at radius 3 is 2.76 bits per heavy atom. The normalized spacial score (nSPS) is 11.6. The molecule has 0 saturated carbocycles. The Labute approximate surface area is 170 Å². The van der Waals surface area contributed by atoms with Gasteiger partial charge in [-0.05, 0) is 48.9 Å². The van der Waals surface area contributed by atoms with Crippen LogP contribution in [0, 0.1) is 6.92 Å². The molecule has 6 aromatic rings. The smallest absolute Gasteiger partial charge is 0.161 e. The summed E-state index contributed by atoms with van der Waals surface area (Å²) in [5.41, 5.74) is 6.05. The van der Waals surface area contributed by atoms with Crippen molar-refractivity contribution >= 4 is 43.5 Å². The molecule has 0 aliphatic rings. The summed E-state index contributed by atoms with van der Waals surface area (Å²) < 4.78 is 1.19. The van der Waals surface area contributed by atoms with Gasteiger partial charge >= 0.3 is 0 Å². The van der Waals surface area contributed by atoms with Crippen LogP contribution in [-0.4, -0.2) is 24.9 Å². The number of pyridine rings is 1. The van der Waals surface area contributed by atoms with Crippen molar-refractivity contribution < 1.29 is 0 Å². The Hall–Kier alpha value is -3.64. The number of thiazole rings is 1. The molecule has 0 fully saturated rings. The highest BCUT2D eigenvalue weighted by Gasteiger charge is 2.12. The highest BCUT2D eigenvalue weighted by molar-refractivity contribution is 7.18. The molecule has 138 valence electrons. The minimum Gasteiger partial charge on any atom is -0.345 e. The van der Waals surface area contributed by atoms with Crippen LogP contribution in [0.5, 0.6) is 0 Å². The van der Waals surface area contributed by atoms with E-state index < -0.39 is 0 Å². The van der Waals surface area contributed by atoms with Gasteiger partial charge in [0.1, 0.15) is 5.65 Å². The van der Waals surface area contributed by atoms with E-state index in [0.717, 1.165) is 49.2 Å². The van der Waals surface area contributed by atoms with Gasteiger partial charge in [0.2, 0.25) is 0 Å². The Kier molecular flexibility index (Phi) is 3.48. The summed E-state index contributed by atoms with van der Waals surface area (Å²) in [5.74, 6) is 0.699. The number of hydrogen-bond donors (Lipinski definition) is 1. The summed E-state index contributed by atoms with van der Waals surface area (Å²) >= 11 is 1.71. The van der Waals surface area contributed by atoms with Gasteiger partial charge in [0.25, 0.3) is 0 Å². The number of aromatic amines is 1. The van der Waals surface area contributed by atoms with E-state index in [4.69, 9.17) is 4.98 Å². The van der Waals surface area contributed by atoms with E-state index >= 15 is 0 Å². The van der Waals surface area contributed by atoms with Crippen LogP contribution in [0.2, 0.25) is 0 Å². The highest BCUT2D eigenvalue weighted by atomic mass is 32.1. The van der Waals surface area contributed by atoms with Crippen LogP contribution in [0.3, 0.4) is 0 Å². The summed E-state index contributed by atoms with van der Waals surface area (Å²) in [6.45, 7) is 2.04. The molecule has 4 aromatic heterocycles. The molecule has 2 aromatic carbocycles. The Bertz CT molecular complexity index is 1530. The lowest BCUT2D eigenvalue weighted by atomic mass is 10.1. The van der Waals surface area contributed by atoms with Crippen LogP contribution in [0.25, 0.3) is 54.7 Å². The molecule has 4 heterocycles. The van der Waals surface area contributed by atoms with Crippen molar-refractivity contribution in [2.75, 3.05) is 0 Å². The molecule has 29 heavy (non-hydrogen) atoms. The van der Waals surface area contributed by atoms with E-state index in [1.807, 2.05) is 37.5 Å². The van der Waals surface area contributed by atoms with E-state index in [1.54, 1.807) is 17.5 Å². The molecule has 0 saturated heterocycles. The first-order valence-corrected chi connectivity index (χ1v) is 10.1. The minimum absolute atomic E-state index is 0.699. The van der Waals surface area contributed by atoms with Gasteiger partial charge in [-0.15, -0.1) is 11.3 Å². The van der Waals surface area contributed by atoms with E-state index in [2.05, 4.69) is 50.3 Å². The summed E-state index contributed by atoms with van der Waals surface area (Å²) in [7, 11) is 0.